The molecule has 0 saturated carbocycles. The number of nitrogens with one attached hydrogen (secondary N) is 1. The molecule has 2 aromatic rings. The summed E-state index contributed by atoms with van der Waals surface area (Å²) in [6.45, 7) is 0. The summed E-state index contributed by atoms with van der Waals surface area (Å²) < 4.78 is 26.2. The topological polar surface area (TPSA) is 66.4 Å². The van der Waals surface area contributed by atoms with Gasteiger partial charge < -0.3 is 10.4 Å². The molecule has 2 aromatic carbocycles. The Bertz CT molecular complexity index is 747. The zero-order valence-corrected chi connectivity index (χ0v) is 13.2. The van der Waals surface area contributed by atoms with Crippen molar-refractivity contribution in [2.75, 3.05) is 0 Å². The van der Waals surface area contributed by atoms with Crippen molar-refractivity contribution in [1.29, 1.82) is 0 Å². The van der Waals surface area contributed by atoms with Gasteiger partial charge in [-0.05, 0) is 29.3 Å². The van der Waals surface area contributed by atoms with Gasteiger partial charge in [0.1, 0.15) is 17.7 Å². The molecule has 24 heavy (non-hydrogen) atoms. The summed E-state index contributed by atoms with van der Waals surface area (Å²) in [5.41, 5.74) is 0.690. The first-order valence-corrected chi connectivity index (χ1v) is 7.43. The van der Waals surface area contributed by atoms with Crippen LogP contribution in [0, 0.1) is 11.6 Å². The maximum Gasteiger partial charge on any atom is 0.326 e. The average Bonchev–Trinajstić information content (AvgIpc) is 2.47. The summed E-state index contributed by atoms with van der Waals surface area (Å²) >= 11 is 5.99. The van der Waals surface area contributed by atoms with E-state index < -0.39 is 29.6 Å². The van der Waals surface area contributed by atoms with Crippen molar-refractivity contribution < 1.29 is 23.5 Å². The van der Waals surface area contributed by atoms with Gasteiger partial charge in [-0.15, -0.1) is 0 Å². The van der Waals surface area contributed by atoms with Gasteiger partial charge in [0.2, 0.25) is 5.91 Å². The molecule has 0 aliphatic rings. The fourth-order valence-corrected chi connectivity index (χ4v) is 2.44. The van der Waals surface area contributed by atoms with Crippen LogP contribution in [0.15, 0.2) is 42.5 Å². The highest BCUT2D eigenvalue weighted by molar-refractivity contribution is 6.31. The number of benzene rings is 2. The molecular formula is C17H14ClF2NO3. The van der Waals surface area contributed by atoms with Crippen LogP contribution in [-0.4, -0.2) is 23.0 Å². The summed E-state index contributed by atoms with van der Waals surface area (Å²) in [5, 5.41) is 12.0. The van der Waals surface area contributed by atoms with Crippen LogP contribution in [-0.2, 0) is 22.4 Å². The van der Waals surface area contributed by atoms with E-state index in [0.717, 1.165) is 12.1 Å². The number of carboxylic acids is 1. The molecular weight excluding hydrogens is 340 g/mol. The molecule has 0 aromatic heterocycles. The number of carbonyl (C=O) groups is 2. The molecule has 0 spiro atoms. The van der Waals surface area contributed by atoms with Crippen molar-refractivity contribution in [1.82, 2.24) is 5.32 Å². The van der Waals surface area contributed by atoms with Gasteiger partial charge >= 0.3 is 5.97 Å². The van der Waals surface area contributed by atoms with Gasteiger partial charge in [0.05, 0.1) is 6.42 Å². The summed E-state index contributed by atoms with van der Waals surface area (Å²) in [4.78, 5) is 23.3. The van der Waals surface area contributed by atoms with Crippen molar-refractivity contribution in [3.8, 4) is 0 Å². The Morgan fingerprint density at radius 3 is 2.33 bits per heavy atom. The molecule has 4 nitrogen and oxygen atoms in total. The van der Waals surface area contributed by atoms with Gasteiger partial charge in [0.25, 0.3) is 0 Å². The highest BCUT2D eigenvalue weighted by Gasteiger charge is 2.21. The number of halogens is 3. The van der Waals surface area contributed by atoms with Crippen LogP contribution in [0.4, 0.5) is 8.78 Å². The van der Waals surface area contributed by atoms with Gasteiger partial charge in [0.15, 0.2) is 0 Å². The van der Waals surface area contributed by atoms with Crippen LogP contribution in [0.1, 0.15) is 11.1 Å². The van der Waals surface area contributed by atoms with E-state index in [4.69, 9.17) is 11.6 Å². The molecule has 0 aliphatic heterocycles. The monoisotopic (exact) mass is 353 g/mol. The molecule has 7 heteroatoms. The fraction of sp³-hybridized carbons (Fsp3) is 0.176. The van der Waals surface area contributed by atoms with Crippen LogP contribution in [0.3, 0.4) is 0 Å². The molecule has 0 aliphatic carbocycles. The van der Waals surface area contributed by atoms with Gasteiger partial charge in [-0.1, -0.05) is 29.8 Å². The van der Waals surface area contributed by atoms with Crippen molar-refractivity contribution >= 4 is 23.5 Å². The average molecular weight is 354 g/mol. The van der Waals surface area contributed by atoms with Gasteiger partial charge in [-0.2, -0.15) is 0 Å². The lowest BCUT2D eigenvalue weighted by Gasteiger charge is -2.15. The van der Waals surface area contributed by atoms with Crippen LogP contribution in [0.25, 0.3) is 0 Å². The Balaban J connectivity index is 2.06. The lowest BCUT2D eigenvalue weighted by Crippen LogP contribution is -2.43. The van der Waals surface area contributed by atoms with Crippen molar-refractivity contribution in [3.05, 3.63) is 70.2 Å². The second-order valence-corrected chi connectivity index (χ2v) is 5.62. The molecule has 0 fully saturated rings. The highest BCUT2D eigenvalue weighted by Crippen LogP contribution is 2.17. The van der Waals surface area contributed by atoms with E-state index in [2.05, 4.69) is 5.32 Å². The Kier molecular flexibility index (Phi) is 5.87. The predicted octanol–water partition coefficient (Wildman–Crippen LogP) is 2.97. The maximum atomic E-state index is 13.1. The van der Waals surface area contributed by atoms with E-state index in [-0.39, 0.29) is 18.4 Å². The molecule has 126 valence electrons. The zero-order chi connectivity index (χ0) is 17.7. The molecule has 2 rings (SSSR count). The number of hydrogen-bond donors (Lipinski definition) is 2. The summed E-state index contributed by atoms with van der Waals surface area (Å²) in [6.07, 6.45) is -0.334. The Labute approximate surface area is 142 Å². The van der Waals surface area contributed by atoms with E-state index in [0.29, 0.717) is 16.7 Å². The summed E-state index contributed by atoms with van der Waals surface area (Å²) in [6, 6.07) is 8.23. The number of hydrogen-bond acceptors (Lipinski definition) is 2. The number of carboxylic acid groups (broad SMARTS) is 1. The van der Waals surface area contributed by atoms with Crippen LogP contribution in [0.2, 0.25) is 5.02 Å². The SMILES string of the molecule is O=C(Cc1cc(F)cc(F)c1)N[C@H](Cc1ccccc1Cl)C(=O)O. The molecule has 0 heterocycles. The van der Waals surface area contributed by atoms with Crippen molar-refractivity contribution in [2.24, 2.45) is 0 Å². The van der Waals surface area contributed by atoms with Gasteiger partial charge in [0, 0.05) is 17.5 Å². The minimum atomic E-state index is -1.23. The fourth-order valence-electron chi connectivity index (χ4n) is 2.23. The minimum absolute atomic E-state index is 0.00173. The molecule has 0 bridgehead atoms. The number of carbonyl (C=O) groups excluding carboxylic acids is 1. The first-order valence-electron chi connectivity index (χ1n) is 7.05. The quantitative estimate of drug-likeness (QED) is 0.839. The first-order chi connectivity index (χ1) is 11.3. The minimum Gasteiger partial charge on any atom is -0.480 e. The van der Waals surface area contributed by atoms with Crippen LogP contribution in [0.5, 0.6) is 0 Å². The molecule has 1 atom stereocenters. The third-order valence-electron chi connectivity index (χ3n) is 3.30. The predicted molar refractivity (Wildman–Crippen MR) is 84.8 cm³/mol. The third kappa shape index (κ3) is 5.03. The van der Waals surface area contributed by atoms with Crippen LogP contribution >= 0.6 is 11.6 Å². The van der Waals surface area contributed by atoms with Crippen LogP contribution < -0.4 is 5.32 Å². The summed E-state index contributed by atoms with van der Waals surface area (Å²) in [5.74, 6) is -3.49. The molecule has 0 radical (unpaired) electrons. The molecule has 0 saturated heterocycles. The largest absolute Gasteiger partial charge is 0.480 e. The smallest absolute Gasteiger partial charge is 0.326 e. The second-order valence-electron chi connectivity index (χ2n) is 5.21. The lowest BCUT2D eigenvalue weighted by molar-refractivity contribution is -0.141. The van der Waals surface area contributed by atoms with Gasteiger partial charge in [-0.3, -0.25) is 4.79 Å². The Morgan fingerprint density at radius 2 is 1.75 bits per heavy atom. The highest BCUT2D eigenvalue weighted by atomic mass is 35.5. The Hall–Kier alpha value is -2.47. The van der Waals surface area contributed by atoms with E-state index in [1.165, 1.54) is 0 Å². The van der Waals surface area contributed by atoms with Crippen molar-refractivity contribution in [3.63, 3.8) is 0 Å². The van der Waals surface area contributed by atoms with E-state index >= 15 is 0 Å². The molecule has 0 unspecified atom stereocenters. The number of rotatable bonds is 6. The maximum absolute atomic E-state index is 13.1. The van der Waals surface area contributed by atoms with Gasteiger partial charge in [-0.25, -0.2) is 13.6 Å². The van der Waals surface area contributed by atoms with E-state index in [1.807, 2.05) is 0 Å². The zero-order valence-electron chi connectivity index (χ0n) is 12.4. The third-order valence-corrected chi connectivity index (χ3v) is 3.67. The Morgan fingerprint density at radius 1 is 1.12 bits per heavy atom. The molecule has 2 N–H and O–H groups in total. The normalized spacial score (nSPS) is 11.8. The van der Waals surface area contributed by atoms with E-state index in [9.17, 15) is 23.5 Å². The number of aliphatic carboxylic acids is 1. The summed E-state index contributed by atoms with van der Waals surface area (Å²) in [7, 11) is 0. The number of amides is 1. The standard InChI is InChI=1S/C17H14ClF2NO3/c18-14-4-2-1-3-11(14)8-15(17(23)24)21-16(22)7-10-5-12(19)9-13(20)6-10/h1-6,9,15H,7-8H2,(H,21,22)(H,23,24)/t15-/m1/s1. The van der Waals surface area contributed by atoms with E-state index in [1.54, 1.807) is 24.3 Å². The van der Waals surface area contributed by atoms with Crippen molar-refractivity contribution in [2.45, 2.75) is 18.9 Å². The second kappa shape index (κ2) is 7.88. The lowest BCUT2D eigenvalue weighted by atomic mass is 10.1. The molecule has 1 amide bonds. The first kappa shape index (κ1) is 17.9.